The van der Waals surface area contributed by atoms with E-state index >= 15 is 0 Å². The summed E-state index contributed by atoms with van der Waals surface area (Å²) in [5.41, 5.74) is 3.02. The molecular formula is C26H27NO5. The van der Waals surface area contributed by atoms with Crippen LogP contribution >= 0.6 is 0 Å². The second-order valence-corrected chi connectivity index (χ2v) is 9.46. The number of carbonyl (C=O) groups excluding carboxylic acids is 1. The fourth-order valence-electron chi connectivity index (χ4n) is 6.17. The van der Waals surface area contributed by atoms with Gasteiger partial charge in [0.2, 0.25) is 0 Å². The smallest absolute Gasteiger partial charge is 0.338 e. The number of nitro groups is 1. The normalized spacial score (nSPS) is 30.1. The van der Waals surface area contributed by atoms with Crippen molar-refractivity contribution in [3.63, 3.8) is 0 Å². The van der Waals surface area contributed by atoms with Gasteiger partial charge in [0.1, 0.15) is 11.9 Å². The third-order valence-corrected chi connectivity index (χ3v) is 7.92. The molecule has 2 aromatic rings. The Morgan fingerprint density at radius 3 is 2.62 bits per heavy atom. The van der Waals surface area contributed by atoms with Crippen molar-refractivity contribution in [2.45, 2.75) is 44.6 Å². The molecule has 0 amide bonds. The van der Waals surface area contributed by atoms with Crippen LogP contribution in [0.15, 0.2) is 54.6 Å². The van der Waals surface area contributed by atoms with E-state index in [1.807, 2.05) is 0 Å². The van der Waals surface area contributed by atoms with Gasteiger partial charge in [-0.15, -0.1) is 0 Å². The maximum atomic E-state index is 12.8. The van der Waals surface area contributed by atoms with Crippen LogP contribution in [0.2, 0.25) is 0 Å². The Hall–Kier alpha value is -3.15. The van der Waals surface area contributed by atoms with Crippen LogP contribution < -0.4 is 4.74 Å². The van der Waals surface area contributed by atoms with E-state index in [9.17, 15) is 14.9 Å². The Kier molecular flexibility index (Phi) is 5.03. The highest BCUT2D eigenvalue weighted by molar-refractivity contribution is 5.89. The van der Waals surface area contributed by atoms with Crippen LogP contribution in [0.1, 0.15) is 53.6 Å². The number of hydrogen-bond acceptors (Lipinski definition) is 5. The minimum atomic E-state index is -0.475. The van der Waals surface area contributed by atoms with Gasteiger partial charge in [-0.05, 0) is 84.9 Å². The first-order chi connectivity index (χ1) is 15.4. The highest BCUT2D eigenvalue weighted by Crippen LogP contribution is 2.59. The van der Waals surface area contributed by atoms with Crippen molar-refractivity contribution >= 4 is 11.7 Å². The van der Waals surface area contributed by atoms with Gasteiger partial charge in [0.05, 0.1) is 17.6 Å². The van der Waals surface area contributed by atoms with Crippen molar-refractivity contribution in [2.24, 2.45) is 17.3 Å². The number of esters is 1. The topological polar surface area (TPSA) is 78.7 Å². The fourth-order valence-corrected chi connectivity index (χ4v) is 6.17. The fraction of sp³-hybridized carbons (Fsp3) is 0.423. The van der Waals surface area contributed by atoms with Crippen molar-refractivity contribution in [3.8, 4) is 5.75 Å². The molecule has 4 unspecified atom stereocenters. The van der Waals surface area contributed by atoms with Gasteiger partial charge in [-0.2, -0.15) is 0 Å². The van der Waals surface area contributed by atoms with E-state index in [1.165, 1.54) is 35.4 Å². The highest BCUT2D eigenvalue weighted by atomic mass is 16.6. The second-order valence-electron chi connectivity index (χ2n) is 9.46. The lowest BCUT2D eigenvalue weighted by molar-refractivity contribution is -0.384. The molecule has 6 heteroatoms. The zero-order chi connectivity index (χ0) is 22.5. The molecule has 0 heterocycles. The summed E-state index contributed by atoms with van der Waals surface area (Å²) in [7, 11) is 1.71. The van der Waals surface area contributed by atoms with Crippen molar-refractivity contribution < 1.29 is 19.2 Å². The van der Waals surface area contributed by atoms with Crippen molar-refractivity contribution in [2.75, 3.05) is 7.11 Å². The number of carbonyl (C=O) groups is 1. The van der Waals surface area contributed by atoms with Crippen LogP contribution in [0.4, 0.5) is 5.69 Å². The maximum absolute atomic E-state index is 12.8. The van der Waals surface area contributed by atoms with Crippen molar-refractivity contribution in [1.82, 2.24) is 0 Å². The van der Waals surface area contributed by atoms with E-state index < -0.39 is 10.9 Å². The van der Waals surface area contributed by atoms with E-state index in [1.54, 1.807) is 7.11 Å². The summed E-state index contributed by atoms with van der Waals surface area (Å²) >= 11 is 0. The number of hydrogen-bond donors (Lipinski definition) is 0. The van der Waals surface area contributed by atoms with Crippen LogP contribution in [-0.2, 0) is 11.2 Å². The number of non-ortho nitro benzene ring substituents is 1. The Morgan fingerprint density at radius 2 is 1.91 bits per heavy atom. The average molecular weight is 434 g/mol. The Balaban J connectivity index is 1.33. The Labute approximate surface area is 187 Å². The number of fused-ring (bicyclic) bond motifs is 5. The average Bonchev–Trinajstić information content (AvgIpc) is 3.14. The molecule has 1 saturated carbocycles. The van der Waals surface area contributed by atoms with Gasteiger partial charge >= 0.3 is 5.97 Å². The summed E-state index contributed by atoms with van der Waals surface area (Å²) in [6.45, 7) is 2.24. The second kappa shape index (κ2) is 7.76. The van der Waals surface area contributed by atoms with Crippen LogP contribution in [0, 0.1) is 27.4 Å². The monoisotopic (exact) mass is 433 g/mol. The Morgan fingerprint density at radius 1 is 1.12 bits per heavy atom. The molecule has 166 valence electrons. The van der Waals surface area contributed by atoms with Crippen molar-refractivity contribution in [1.29, 1.82) is 0 Å². The number of rotatable bonds is 4. The SMILES string of the molecule is COc1ccc2c(c1)CCC1C2CC[C@]2(C)C(OC(=O)c3ccc([N+](=O)[O-])cc3)C=CC12. The standard InChI is InChI=1S/C26H27NO5/c1-26-14-13-21-20-10-8-19(31-2)15-17(20)5-9-22(21)23(26)11-12-24(26)32-25(28)16-3-6-18(7-4-16)27(29)30/h3-4,6-8,10-12,15,21-24H,5,9,13-14H2,1-2H3/t21?,22?,23?,24?,26-/m0/s1. The lowest BCUT2D eigenvalue weighted by Gasteiger charge is -2.50. The number of nitro benzene ring substituents is 1. The number of aryl methyl sites for hydroxylation is 1. The zero-order valence-corrected chi connectivity index (χ0v) is 18.3. The van der Waals surface area contributed by atoms with Crippen LogP contribution in [0.5, 0.6) is 5.75 Å². The number of methoxy groups -OCH3 is 1. The summed E-state index contributed by atoms with van der Waals surface area (Å²) in [5.74, 6) is 1.91. The molecule has 0 bridgehead atoms. The van der Waals surface area contributed by atoms with Gasteiger partial charge in [-0.3, -0.25) is 10.1 Å². The molecule has 0 saturated heterocycles. The largest absolute Gasteiger partial charge is 0.497 e. The van der Waals surface area contributed by atoms with E-state index in [-0.39, 0.29) is 17.2 Å². The lowest BCUT2D eigenvalue weighted by atomic mass is 9.55. The quantitative estimate of drug-likeness (QED) is 0.277. The van der Waals surface area contributed by atoms with Gasteiger partial charge in [0, 0.05) is 17.5 Å². The van der Waals surface area contributed by atoms with E-state index in [0.717, 1.165) is 31.4 Å². The molecule has 0 radical (unpaired) electrons. The van der Waals surface area contributed by atoms with E-state index in [2.05, 4.69) is 37.3 Å². The van der Waals surface area contributed by atoms with Gasteiger partial charge in [0.15, 0.2) is 0 Å². The van der Waals surface area contributed by atoms with E-state index in [0.29, 0.717) is 23.3 Å². The van der Waals surface area contributed by atoms with E-state index in [4.69, 9.17) is 9.47 Å². The molecule has 1 fully saturated rings. The molecule has 0 N–H and O–H groups in total. The molecule has 32 heavy (non-hydrogen) atoms. The molecule has 2 aromatic carbocycles. The molecule has 0 aromatic heterocycles. The Bertz CT molecular complexity index is 1090. The minimum Gasteiger partial charge on any atom is -0.497 e. The number of nitrogens with zero attached hydrogens (tertiary/aromatic N) is 1. The molecular weight excluding hydrogens is 406 g/mol. The third kappa shape index (κ3) is 3.29. The maximum Gasteiger partial charge on any atom is 0.338 e. The number of benzene rings is 2. The van der Waals surface area contributed by atoms with Crippen LogP contribution in [0.3, 0.4) is 0 Å². The molecule has 3 aliphatic rings. The zero-order valence-electron chi connectivity index (χ0n) is 18.3. The minimum absolute atomic E-state index is 0.0390. The van der Waals surface area contributed by atoms with Gasteiger partial charge in [-0.1, -0.05) is 19.1 Å². The molecule has 5 atom stereocenters. The third-order valence-electron chi connectivity index (χ3n) is 7.92. The van der Waals surface area contributed by atoms with Gasteiger partial charge in [-0.25, -0.2) is 4.79 Å². The van der Waals surface area contributed by atoms with Gasteiger partial charge < -0.3 is 9.47 Å². The summed E-state index contributed by atoms with van der Waals surface area (Å²) in [6, 6.07) is 12.1. The first-order valence-corrected chi connectivity index (χ1v) is 11.2. The first-order valence-electron chi connectivity index (χ1n) is 11.2. The summed E-state index contributed by atoms with van der Waals surface area (Å²) in [4.78, 5) is 23.2. The van der Waals surface area contributed by atoms with Crippen LogP contribution in [0.25, 0.3) is 0 Å². The summed E-state index contributed by atoms with van der Waals surface area (Å²) in [6.07, 6.45) is 8.26. The molecule has 3 aliphatic carbocycles. The predicted molar refractivity (Wildman–Crippen MR) is 120 cm³/mol. The molecule has 5 rings (SSSR count). The number of allylic oxidation sites excluding steroid dienone is 1. The molecule has 0 spiro atoms. The summed E-state index contributed by atoms with van der Waals surface area (Å²) in [5, 5.41) is 10.9. The van der Waals surface area contributed by atoms with Crippen LogP contribution in [-0.4, -0.2) is 24.1 Å². The highest BCUT2D eigenvalue weighted by Gasteiger charge is 2.54. The predicted octanol–water partition coefficient (Wildman–Crippen LogP) is 5.46. The first kappa shape index (κ1) is 20.7. The molecule has 6 nitrogen and oxygen atoms in total. The van der Waals surface area contributed by atoms with Gasteiger partial charge in [0.25, 0.3) is 5.69 Å². The summed E-state index contributed by atoms with van der Waals surface area (Å²) < 4.78 is 11.4. The number of ether oxygens (including phenoxy) is 2. The lowest BCUT2D eigenvalue weighted by Crippen LogP contribution is -2.45. The van der Waals surface area contributed by atoms with Crippen molar-refractivity contribution in [3.05, 3.63) is 81.4 Å². The molecule has 0 aliphatic heterocycles.